The van der Waals surface area contributed by atoms with Crippen molar-refractivity contribution in [2.24, 2.45) is 0 Å². The van der Waals surface area contributed by atoms with Gasteiger partial charge in [0.1, 0.15) is 0 Å². The van der Waals surface area contributed by atoms with Crippen molar-refractivity contribution in [1.82, 2.24) is 0 Å². The molecule has 0 saturated carbocycles. The molecule has 1 amide bonds. The average molecular weight is 372 g/mol. The maximum atomic E-state index is 12.8. The van der Waals surface area contributed by atoms with Crippen LogP contribution in [0.5, 0.6) is 0 Å². The summed E-state index contributed by atoms with van der Waals surface area (Å²) >= 11 is 0. The first kappa shape index (κ1) is 18.5. The van der Waals surface area contributed by atoms with Crippen molar-refractivity contribution in [1.29, 1.82) is 0 Å². The van der Waals surface area contributed by atoms with E-state index in [4.69, 9.17) is 0 Å². The van der Waals surface area contributed by atoms with Crippen LogP contribution in [0.3, 0.4) is 0 Å². The number of anilines is 2. The number of fused-ring (bicyclic) bond motifs is 1. The monoisotopic (exact) mass is 372 g/mol. The molecule has 0 unspecified atom stereocenters. The Morgan fingerprint density at radius 1 is 1.15 bits per heavy atom. The summed E-state index contributed by atoms with van der Waals surface area (Å²) in [7, 11) is -3.69. The molecule has 1 N–H and O–H groups in total. The lowest BCUT2D eigenvalue weighted by atomic mass is 10.0. The number of sulfonamides is 1. The van der Waals surface area contributed by atoms with E-state index in [9.17, 15) is 13.2 Å². The minimum atomic E-state index is -3.69. The van der Waals surface area contributed by atoms with Gasteiger partial charge in [-0.25, -0.2) is 8.42 Å². The van der Waals surface area contributed by atoms with Crippen LogP contribution in [0.1, 0.15) is 36.5 Å². The van der Waals surface area contributed by atoms with Gasteiger partial charge in [-0.2, -0.15) is 0 Å². The van der Waals surface area contributed by atoms with E-state index in [0.717, 1.165) is 29.7 Å². The van der Waals surface area contributed by atoms with E-state index in [2.05, 4.69) is 4.72 Å². The molecule has 26 heavy (non-hydrogen) atoms. The minimum Gasteiger partial charge on any atom is -0.312 e. The summed E-state index contributed by atoms with van der Waals surface area (Å²) in [6.45, 7) is 6.16. The Hall–Kier alpha value is -2.34. The molecule has 0 fully saturated rings. The zero-order chi connectivity index (χ0) is 18.9. The molecule has 5 nitrogen and oxygen atoms in total. The molecule has 0 radical (unpaired) electrons. The third kappa shape index (κ3) is 3.60. The fraction of sp³-hybridized carbons (Fsp3) is 0.350. The van der Waals surface area contributed by atoms with Crippen LogP contribution in [-0.4, -0.2) is 20.9 Å². The first-order valence-corrected chi connectivity index (χ1v) is 10.3. The van der Waals surface area contributed by atoms with Crippen LogP contribution < -0.4 is 9.62 Å². The lowest BCUT2D eigenvalue weighted by Crippen LogP contribution is -2.35. The first-order chi connectivity index (χ1) is 12.3. The van der Waals surface area contributed by atoms with Crippen molar-refractivity contribution in [2.45, 2.75) is 44.9 Å². The van der Waals surface area contributed by atoms with Gasteiger partial charge in [-0.05, 0) is 61.6 Å². The summed E-state index contributed by atoms with van der Waals surface area (Å²) in [6.07, 6.45) is 2.25. The lowest BCUT2D eigenvalue weighted by Gasteiger charge is -2.30. The summed E-state index contributed by atoms with van der Waals surface area (Å²) in [5, 5.41) is 0. The second-order valence-electron chi connectivity index (χ2n) is 6.72. The van der Waals surface area contributed by atoms with Gasteiger partial charge < -0.3 is 4.90 Å². The lowest BCUT2D eigenvalue weighted by molar-refractivity contribution is -0.118. The molecule has 0 spiro atoms. The summed E-state index contributed by atoms with van der Waals surface area (Å²) in [5.41, 5.74) is 3.95. The highest BCUT2D eigenvalue weighted by atomic mass is 32.2. The van der Waals surface area contributed by atoms with Gasteiger partial charge in [0.15, 0.2) is 0 Å². The Balaban J connectivity index is 1.96. The number of amides is 1. The Morgan fingerprint density at radius 2 is 1.92 bits per heavy atom. The van der Waals surface area contributed by atoms with Gasteiger partial charge in [-0.3, -0.25) is 9.52 Å². The fourth-order valence-corrected chi connectivity index (χ4v) is 4.68. The smallest absolute Gasteiger partial charge is 0.262 e. The van der Waals surface area contributed by atoms with Crippen molar-refractivity contribution in [3.63, 3.8) is 0 Å². The Kier molecular flexibility index (Phi) is 5.05. The largest absolute Gasteiger partial charge is 0.312 e. The van der Waals surface area contributed by atoms with Crippen LogP contribution in [0.25, 0.3) is 0 Å². The molecule has 1 aliphatic heterocycles. The van der Waals surface area contributed by atoms with E-state index in [1.54, 1.807) is 36.1 Å². The predicted molar refractivity (Wildman–Crippen MR) is 104 cm³/mol. The number of rotatable bonds is 4. The molecule has 0 saturated heterocycles. The molecule has 0 aromatic heterocycles. The molecule has 0 bridgehead atoms. The Bertz CT molecular complexity index is 952. The number of carbonyl (C=O) groups is 1. The number of carbonyl (C=O) groups excluding carboxylic acids is 1. The summed E-state index contributed by atoms with van der Waals surface area (Å²) in [5.74, 6) is 0.0560. The van der Waals surface area contributed by atoms with Crippen LogP contribution in [-0.2, 0) is 21.2 Å². The van der Waals surface area contributed by atoms with Crippen molar-refractivity contribution < 1.29 is 13.2 Å². The Labute approximate surface area is 155 Å². The van der Waals surface area contributed by atoms with Gasteiger partial charge >= 0.3 is 0 Å². The molecule has 6 heteroatoms. The number of hydrogen-bond acceptors (Lipinski definition) is 3. The summed E-state index contributed by atoms with van der Waals surface area (Å²) in [6, 6.07) is 10.8. The fourth-order valence-electron chi connectivity index (χ4n) is 3.29. The third-order valence-electron chi connectivity index (χ3n) is 4.69. The highest BCUT2D eigenvalue weighted by Gasteiger charge is 2.23. The van der Waals surface area contributed by atoms with Gasteiger partial charge in [-0.1, -0.05) is 25.1 Å². The molecular weight excluding hydrogens is 348 g/mol. The summed E-state index contributed by atoms with van der Waals surface area (Å²) < 4.78 is 28.3. The van der Waals surface area contributed by atoms with Crippen LogP contribution in [0.15, 0.2) is 41.3 Å². The number of nitrogens with zero attached hydrogens (tertiary/aromatic N) is 1. The minimum absolute atomic E-state index is 0.0560. The van der Waals surface area contributed by atoms with Gasteiger partial charge in [0.05, 0.1) is 10.6 Å². The van der Waals surface area contributed by atoms with E-state index in [1.807, 2.05) is 26.0 Å². The van der Waals surface area contributed by atoms with Crippen molar-refractivity contribution in [3.05, 3.63) is 53.1 Å². The van der Waals surface area contributed by atoms with Crippen LogP contribution in [0.2, 0.25) is 0 Å². The van der Waals surface area contributed by atoms with E-state index >= 15 is 0 Å². The van der Waals surface area contributed by atoms with E-state index in [1.165, 1.54) is 0 Å². The zero-order valence-corrected chi connectivity index (χ0v) is 16.2. The maximum Gasteiger partial charge on any atom is 0.262 e. The molecule has 0 atom stereocenters. The number of benzene rings is 2. The maximum absolute atomic E-state index is 12.8. The van der Waals surface area contributed by atoms with Gasteiger partial charge in [0.25, 0.3) is 10.0 Å². The molecule has 138 valence electrons. The van der Waals surface area contributed by atoms with Crippen LogP contribution in [0, 0.1) is 13.8 Å². The SMILES string of the molecule is CCC(=O)N1CCCc2ccc(NS(=O)(=O)c3cc(C)ccc3C)cc21. The van der Waals surface area contributed by atoms with Gasteiger partial charge in [0.2, 0.25) is 5.91 Å². The van der Waals surface area contributed by atoms with E-state index in [-0.39, 0.29) is 10.8 Å². The molecule has 3 rings (SSSR count). The van der Waals surface area contributed by atoms with Crippen molar-refractivity contribution in [3.8, 4) is 0 Å². The predicted octanol–water partition coefficient (Wildman–Crippen LogP) is 3.79. The normalized spacial score (nSPS) is 14.0. The number of aryl methyl sites for hydroxylation is 3. The van der Waals surface area contributed by atoms with Crippen molar-refractivity contribution >= 4 is 27.3 Å². The molecule has 0 aliphatic carbocycles. The molecule has 1 aliphatic rings. The highest BCUT2D eigenvalue weighted by Crippen LogP contribution is 2.31. The second-order valence-corrected chi connectivity index (χ2v) is 8.37. The summed E-state index contributed by atoms with van der Waals surface area (Å²) in [4.78, 5) is 14.3. The van der Waals surface area contributed by atoms with E-state index < -0.39 is 10.0 Å². The Morgan fingerprint density at radius 3 is 2.65 bits per heavy atom. The standard InChI is InChI=1S/C20H24N2O3S/c1-4-20(23)22-11-5-6-16-9-10-17(13-18(16)22)21-26(24,25)19-12-14(2)7-8-15(19)3/h7-10,12-13,21H,4-6,11H2,1-3H3. The third-order valence-corrected chi connectivity index (χ3v) is 6.22. The van der Waals surface area contributed by atoms with Crippen LogP contribution >= 0.6 is 0 Å². The van der Waals surface area contributed by atoms with E-state index in [0.29, 0.717) is 24.2 Å². The van der Waals surface area contributed by atoms with Crippen molar-refractivity contribution in [2.75, 3.05) is 16.2 Å². The average Bonchev–Trinajstić information content (AvgIpc) is 2.62. The molecule has 1 heterocycles. The van der Waals surface area contributed by atoms with Gasteiger partial charge in [-0.15, -0.1) is 0 Å². The molecular formula is C20H24N2O3S. The zero-order valence-electron chi connectivity index (χ0n) is 15.4. The highest BCUT2D eigenvalue weighted by molar-refractivity contribution is 7.92. The first-order valence-electron chi connectivity index (χ1n) is 8.85. The molecule has 2 aromatic carbocycles. The van der Waals surface area contributed by atoms with Gasteiger partial charge in [0, 0.05) is 18.7 Å². The molecule has 2 aromatic rings. The quantitative estimate of drug-likeness (QED) is 0.888. The second kappa shape index (κ2) is 7.11. The number of nitrogens with one attached hydrogen (secondary N) is 1. The number of hydrogen-bond donors (Lipinski definition) is 1. The van der Waals surface area contributed by atoms with Crippen LogP contribution in [0.4, 0.5) is 11.4 Å². The topological polar surface area (TPSA) is 66.5 Å².